The van der Waals surface area contributed by atoms with E-state index in [1.54, 1.807) is 24.3 Å². The zero-order valence-corrected chi connectivity index (χ0v) is 10.7. The molecule has 98 valence electrons. The van der Waals surface area contributed by atoms with Crippen LogP contribution in [0, 0.1) is 0 Å². The molecule has 2 atom stereocenters. The van der Waals surface area contributed by atoms with Gasteiger partial charge in [0.15, 0.2) is 0 Å². The van der Waals surface area contributed by atoms with E-state index in [1.807, 2.05) is 0 Å². The molecule has 1 aromatic rings. The third kappa shape index (κ3) is 2.12. The first-order valence-electron chi connectivity index (χ1n) is 5.10. The molecule has 0 aromatic heterocycles. The van der Waals surface area contributed by atoms with Gasteiger partial charge in [-0.2, -0.15) is 4.21 Å². The number of esters is 1. The Labute approximate surface area is 107 Å². The number of rotatable bonds is 3. The minimum absolute atomic E-state index is 0.154. The molecule has 7 heteroatoms. The van der Waals surface area contributed by atoms with Crippen molar-refractivity contribution in [2.75, 3.05) is 20.8 Å². The van der Waals surface area contributed by atoms with Crippen molar-refractivity contribution in [3.05, 3.63) is 29.8 Å². The van der Waals surface area contributed by atoms with Gasteiger partial charge in [0, 0.05) is 0 Å². The van der Waals surface area contributed by atoms with Gasteiger partial charge >= 0.3 is 17.3 Å². The summed E-state index contributed by atoms with van der Waals surface area (Å²) >= 11 is -1.95. The van der Waals surface area contributed by atoms with Crippen LogP contribution in [0.4, 0.5) is 0 Å². The molecule has 1 fully saturated rings. The van der Waals surface area contributed by atoms with Crippen LogP contribution in [-0.2, 0) is 34.9 Å². The van der Waals surface area contributed by atoms with Crippen molar-refractivity contribution in [2.24, 2.45) is 0 Å². The van der Waals surface area contributed by atoms with Crippen LogP contribution in [0.15, 0.2) is 24.3 Å². The molecule has 6 nitrogen and oxygen atoms in total. The summed E-state index contributed by atoms with van der Waals surface area (Å²) in [5, 5.41) is 0. The highest BCUT2D eigenvalue weighted by molar-refractivity contribution is 7.75. The predicted octanol–water partition coefficient (Wildman–Crippen LogP) is 0.689. The standard InChI is InChI=1S/C11H12O6S/c1-14-9-5-3-8(4-6-9)11(10(12)15-2)7-16-18(13)17-11/h3-6H,7H2,1-2H3/t11-,18?/m0/s1. The van der Waals surface area contributed by atoms with E-state index in [1.165, 1.54) is 14.2 Å². The topological polar surface area (TPSA) is 71.1 Å². The van der Waals surface area contributed by atoms with E-state index in [0.29, 0.717) is 11.3 Å². The molecule has 0 N–H and O–H groups in total. The second kappa shape index (κ2) is 5.05. The maximum Gasteiger partial charge on any atom is 0.346 e. The first-order chi connectivity index (χ1) is 8.62. The summed E-state index contributed by atoms with van der Waals surface area (Å²) in [6, 6.07) is 6.62. The fourth-order valence-corrected chi connectivity index (χ4v) is 2.42. The van der Waals surface area contributed by atoms with Crippen molar-refractivity contribution < 1.29 is 26.8 Å². The number of benzene rings is 1. The fourth-order valence-electron chi connectivity index (χ4n) is 1.66. The Hall–Kier alpha value is -1.44. The lowest BCUT2D eigenvalue weighted by molar-refractivity contribution is -0.158. The van der Waals surface area contributed by atoms with E-state index < -0.39 is 22.9 Å². The number of methoxy groups -OCH3 is 2. The highest BCUT2D eigenvalue weighted by atomic mass is 32.2. The van der Waals surface area contributed by atoms with Gasteiger partial charge in [0.1, 0.15) is 12.4 Å². The molecule has 0 radical (unpaired) electrons. The number of hydrogen-bond donors (Lipinski definition) is 0. The highest BCUT2D eigenvalue weighted by Gasteiger charge is 2.51. The second-order valence-electron chi connectivity index (χ2n) is 3.60. The first-order valence-corrected chi connectivity index (χ1v) is 6.10. The van der Waals surface area contributed by atoms with E-state index in [4.69, 9.17) is 13.1 Å². The summed E-state index contributed by atoms with van der Waals surface area (Å²) < 4.78 is 30.8. The zero-order chi connectivity index (χ0) is 13.2. The van der Waals surface area contributed by atoms with Crippen LogP contribution in [0.25, 0.3) is 0 Å². The van der Waals surface area contributed by atoms with Gasteiger partial charge in [-0.3, -0.25) is 4.18 Å². The molecule has 1 heterocycles. The van der Waals surface area contributed by atoms with Crippen molar-refractivity contribution in [2.45, 2.75) is 5.60 Å². The number of carbonyl (C=O) groups excluding carboxylic acids is 1. The minimum Gasteiger partial charge on any atom is -0.497 e. The zero-order valence-electron chi connectivity index (χ0n) is 9.87. The Morgan fingerprint density at radius 2 is 2.00 bits per heavy atom. The predicted molar refractivity (Wildman–Crippen MR) is 61.9 cm³/mol. The Kier molecular flexibility index (Phi) is 3.65. The summed E-state index contributed by atoms with van der Waals surface area (Å²) in [6.07, 6.45) is 0. The summed E-state index contributed by atoms with van der Waals surface area (Å²) in [7, 11) is 2.77. The van der Waals surface area contributed by atoms with Gasteiger partial charge in [-0.25, -0.2) is 8.98 Å². The third-order valence-electron chi connectivity index (χ3n) is 2.64. The van der Waals surface area contributed by atoms with Crippen molar-refractivity contribution in [3.8, 4) is 5.75 Å². The molecular formula is C11H12O6S. The monoisotopic (exact) mass is 272 g/mol. The van der Waals surface area contributed by atoms with E-state index in [9.17, 15) is 9.00 Å². The minimum atomic E-state index is -1.95. The van der Waals surface area contributed by atoms with Crippen LogP contribution in [0.5, 0.6) is 5.75 Å². The molecular weight excluding hydrogens is 260 g/mol. The third-order valence-corrected chi connectivity index (χ3v) is 3.37. The summed E-state index contributed by atoms with van der Waals surface area (Å²) in [5.41, 5.74) is -0.979. The van der Waals surface area contributed by atoms with Crippen molar-refractivity contribution in [1.29, 1.82) is 0 Å². The average molecular weight is 272 g/mol. The maximum atomic E-state index is 11.8. The van der Waals surface area contributed by atoms with Crippen molar-refractivity contribution in [1.82, 2.24) is 0 Å². The normalized spacial score (nSPS) is 26.9. The van der Waals surface area contributed by atoms with E-state index in [-0.39, 0.29) is 6.61 Å². The Bertz CT molecular complexity index is 471. The Balaban J connectivity index is 2.40. The Morgan fingerprint density at radius 3 is 2.44 bits per heavy atom. The van der Waals surface area contributed by atoms with Crippen LogP contribution < -0.4 is 4.74 Å². The van der Waals surface area contributed by atoms with Gasteiger partial charge in [-0.15, -0.1) is 0 Å². The number of hydrogen-bond acceptors (Lipinski definition) is 6. The summed E-state index contributed by atoms with van der Waals surface area (Å²) in [5.74, 6) is -0.0164. The van der Waals surface area contributed by atoms with Crippen LogP contribution in [0.3, 0.4) is 0 Å². The summed E-state index contributed by atoms with van der Waals surface area (Å²) in [6.45, 7) is -0.154. The second-order valence-corrected chi connectivity index (χ2v) is 4.41. The molecule has 0 aliphatic carbocycles. The van der Waals surface area contributed by atoms with Crippen LogP contribution in [0.2, 0.25) is 0 Å². The molecule has 1 aliphatic rings. The molecule has 1 aromatic carbocycles. The molecule has 0 amide bonds. The van der Waals surface area contributed by atoms with Crippen molar-refractivity contribution in [3.63, 3.8) is 0 Å². The molecule has 0 bridgehead atoms. The number of ether oxygens (including phenoxy) is 2. The molecule has 0 spiro atoms. The van der Waals surface area contributed by atoms with Crippen LogP contribution in [0.1, 0.15) is 5.56 Å². The molecule has 1 unspecified atom stereocenters. The fraction of sp³-hybridized carbons (Fsp3) is 0.364. The molecule has 2 rings (SSSR count). The van der Waals surface area contributed by atoms with Gasteiger partial charge in [0.05, 0.1) is 14.2 Å². The van der Waals surface area contributed by atoms with Crippen molar-refractivity contribution >= 4 is 17.3 Å². The quantitative estimate of drug-likeness (QED) is 0.754. The lowest BCUT2D eigenvalue weighted by Crippen LogP contribution is -2.39. The average Bonchev–Trinajstić information content (AvgIpc) is 2.81. The first kappa shape index (κ1) is 13.0. The van der Waals surface area contributed by atoms with Gasteiger partial charge in [0.2, 0.25) is 5.60 Å². The van der Waals surface area contributed by atoms with E-state index in [0.717, 1.165) is 0 Å². The molecule has 18 heavy (non-hydrogen) atoms. The summed E-state index contributed by atoms with van der Waals surface area (Å²) in [4.78, 5) is 11.8. The van der Waals surface area contributed by atoms with Gasteiger partial charge in [-0.1, -0.05) is 12.1 Å². The molecule has 0 saturated carbocycles. The van der Waals surface area contributed by atoms with Crippen LogP contribution >= 0.6 is 0 Å². The molecule has 1 aliphatic heterocycles. The maximum absolute atomic E-state index is 11.8. The highest BCUT2D eigenvalue weighted by Crippen LogP contribution is 2.35. The van der Waals surface area contributed by atoms with Crippen LogP contribution in [-0.4, -0.2) is 31.0 Å². The smallest absolute Gasteiger partial charge is 0.346 e. The SMILES string of the molecule is COC(=O)[C@@]1(c2ccc(OC)cc2)COS(=O)O1. The number of carbonyl (C=O) groups is 1. The van der Waals surface area contributed by atoms with Gasteiger partial charge in [-0.05, 0) is 17.7 Å². The molecule has 1 saturated heterocycles. The van der Waals surface area contributed by atoms with E-state index in [2.05, 4.69) is 4.74 Å². The van der Waals surface area contributed by atoms with Gasteiger partial charge < -0.3 is 9.47 Å². The largest absolute Gasteiger partial charge is 0.497 e. The van der Waals surface area contributed by atoms with E-state index >= 15 is 0 Å². The van der Waals surface area contributed by atoms with Gasteiger partial charge in [0.25, 0.3) is 0 Å². The lowest BCUT2D eigenvalue weighted by Gasteiger charge is -2.22. The lowest BCUT2D eigenvalue weighted by atomic mass is 9.95. The Morgan fingerprint density at radius 1 is 1.33 bits per heavy atom.